The lowest BCUT2D eigenvalue weighted by molar-refractivity contribution is 0.0931. The normalized spacial score (nSPS) is 11.8. The molecule has 0 saturated heterocycles. The molecule has 0 saturated carbocycles. The van der Waals surface area contributed by atoms with Crippen LogP contribution in [-0.2, 0) is 0 Å². The molecular weight excluding hydrogens is 182 g/mol. The fourth-order valence-electron chi connectivity index (χ4n) is 0.959. The van der Waals surface area contributed by atoms with Crippen LogP contribution < -0.4 is 5.32 Å². The van der Waals surface area contributed by atoms with Gasteiger partial charge >= 0.3 is 0 Å². The third kappa shape index (κ3) is 2.59. The second kappa shape index (κ2) is 4.42. The second-order valence-corrected chi connectivity index (χ2v) is 3.06. The molecule has 14 heavy (non-hydrogen) atoms. The Kier molecular flexibility index (Phi) is 3.24. The van der Waals surface area contributed by atoms with Gasteiger partial charge in [-0.25, -0.2) is 0 Å². The predicted molar refractivity (Wildman–Crippen MR) is 48.4 cm³/mol. The Morgan fingerprint density at radius 3 is 3.07 bits per heavy atom. The summed E-state index contributed by atoms with van der Waals surface area (Å²) in [5.41, 5.74) is 0.243. The first kappa shape index (κ1) is 10.3. The highest BCUT2D eigenvalue weighted by atomic mass is 16.5. The summed E-state index contributed by atoms with van der Waals surface area (Å²) in [7, 11) is 0. The number of rotatable bonds is 3. The van der Waals surface area contributed by atoms with E-state index in [1.54, 1.807) is 19.9 Å². The van der Waals surface area contributed by atoms with Crippen LogP contribution in [-0.4, -0.2) is 17.1 Å². The molecule has 74 valence electrons. The number of nitriles is 1. The first-order valence-electron chi connectivity index (χ1n) is 4.24. The summed E-state index contributed by atoms with van der Waals surface area (Å²) in [6.07, 6.45) is 0.280. The summed E-state index contributed by atoms with van der Waals surface area (Å²) in [6.45, 7) is 3.47. The molecule has 1 aromatic heterocycles. The average Bonchev–Trinajstić information content (AvgIpc) is 2.52. The van der Waals surface area contributed by atoms with Crippen molar-refractivity contribution >= 4 is 5.91 Å². The van der Waals surface area contributed by atoms with Crippen molar-refractivity contribution in [2.24, 2.45) is 0 Å². The van der Waals surface area contributed by atoms with Crippen LogP contribution in [0.5, 0.6) is 0 Å². The van der Waals surface area contributed by atoms with Crippen LogP contribution in [0.2, 0.25) is 0 Å². The van der Waals surface area contributed by atoms with Crippen LogP contribution in [0, 0.1) is 18.3 Å². The molecule has 5 heteroatoms. The molecule has 0 aliphatic rings. The van der Waals surface area contributed by atoms with Crippen LogP contribution in [0.4, 0.5) is 0 Å². The lowest BCUT2D eigenvalue weighted by Crippen LogP contribution is -2.32. The zero-order valence-electron chi connectivity index (χ0n) is 8.07. The smallest absolute Gasteiger partial charge is 0.273 e. The highest BCUT2D eigenvalue weighted by Gasteiger charge is 2.12. The molecule has 1 rings (SSSR count). The second-order valence-electron chi connectivity index (χ2n) is 3.06. The number of nitrogens with zero attached hydrogens (tertiary/aromatic N) is 2. The molecule has 0 aromatic carbocycles. The molecule has 0 aliphatic heterocycles. The van der Waals surface area contributed by atoms with Gasteiger partial charge < -0.3 is 9.84 Å². The number of hydrogen-bond donors (Lipinski definition) is 1. The van der Waals surface area contributed by atoms with Crippen molar-refractivity contribution in [1.82, 2.24) is 10.5 Å². The maximum Gasteiger partial charge on any atom is 0.273 e. The van der Waals surface area contributed by atoms with Gasteiger partial charge in [-0.2, -0.15) is 5.26 Å². The number of carbonyl (C=O) groups excluding carboxylic acids is 1. The third-order valence-electron chi connectivity index (χ3n) is 1.64. The van der Waals surface area contributed by atoms with Crippen molar-refractivity contribution in [3.63, 3.8) is 0 Å². The van der Waals surface area contributed by atoms with Gasteiger partial charge in [0.25, 0.3) is 5.91 Å². The van der Waals surface area contributed by atoms with Gasteiger partial charge in [-0.05, 0) is 13.8 Å². The Morgan fingerprint density at radius 2 is 2.57 bits per heavy atom. The minimum Gasteiger partial charge on any atom is -0.361 e. The van der Waals surface area contributed by atoms with Gasteiger partial charge in [-0.1, -0.05) is 5.16 Å². The first-order valence-corrected chi connectivity index (χ1v) is 4.24. The van der Waals surface area contributed by atoms with Crippen molar-refractivity contribution < 1.29 is 9.32 Å². The molecule has 0 radical (unpaired) electrons. The van der Waals surface area contributed by atoms with Gasteiger partial charge in [0.1, 0.15) is 5.76 Å². The van der Waals surface area contributed by atoms with E-state index in [0.717, 1.165) is 0 Å². The number of aromatic nitrogens is 1. The zero-order valence-corrected chi connectivity index (χ0v) is 8.07. The van der Waals surface area contributed by atoms with Crippen LogP contribution >= 0.6 is 0 Å². The maximum absolute atomic E-state index is 11.4. The highest BCUT2D eigenvalue weighted by Crippen LogP contribution is 2.01. The molecule has 1 unspecified atom stereocenters. The molecule has 0 fully saturated rings. The average molecular weight is 193 g/mol. The zero-order chi connectivity index (χ0) is 10.6. The van der Waals surface area contributed by atoms with Gasteiger partial charge in [0.2, 0.25) is 0 Å². The standard InChI is InChI=1S/C9H11N3O2/c1-6(3-4-10)11-9(13)8-5-7(2)14-12-8/h5-6H,3H2,1-2H3,(H,11,13). The fraction of sp³-hybridized carbons (Fsp3) is 0.444. The molecule has 1 heterocycles. The maximum atomic E-state index is 11.4. The fourth-order valence-corrected chi connectivity index (χ4v) is 0.959. The van der Waals surface area contributed by atoms with Gasteiger partial charge in [0, 0.05) is 12.1 Å². The molecule has 1 amide bonds. The van der Waals surface area contributed by atoms with E-state index >= 15 is 0 Å². The molecular formula is C9H11N3O2. The number of carbonyl (C=O) groups is 1. The molecule has 1 atom stereocenters. The van der Waals surface area contributed by atoms with Crippen molar-refractivity contribution in [3.05, 3.63) is 17.5 Å². The minimum absolute atomic E-state index is 0.176. The Balaban J connectivity index is 2.55. The monoisotopic (exact) mass is 193 g/mol. The van der Waals surface area contributed by atoms with E-state index in [1.807, 2.05) is 6.07 Å². The SMILES string of the molecule is Cc1cc(C(=O)NC(C)CC#N)no1. The topological polar surface area (TPSA) is 78.9 Å². The van der Waals surface area contributed by atoms with Gasteiger partial charge in [0.05, 0.1) is 12.5 Å². The van der Waals surface area contributed by atoms with E-state index in [0.29, 0.717) is 5.76 Å². The number of amides is 1. The number of hydrogen-bond acceptors (Lipinski definition) is 4. The molecule has 0 bridgehead atoms. The largest absolute Gasteiger partial charge is 0.361 e. The van der Waals surface area contributed by atoms with Crippen LogP contribution in [0.1, 0.15) is 29.6 Å². The van der Waals surface area contributed by atoms with Gasteiger partial charge in [-0.15, -0.1) is 0 Å². The Morgan fingerprint density at radius 1 is 1.86 bits per heavy atom. The number of aryl methyl sites for hydroxylation is 1. The Labute approximate surface area is 81.7 Å². The van der Waals surface area contributed by atoms with E-state index < -0.39 is 0 Å². The van der Waals surface area contributed by atoms with Gasteiger partial charge in [0.15, 0.2) is 5.69 Å². The minimum atomic E-state index is -0.315. The van der Waals surface area contributed by atoms with Crippen LogP contribution in [0.15, 0.2) is 10.6 Å². The van der Waals surface area contributed by atoms with E-state index in [1.165, 1.54) is 0 Å². The summed E-state index contributed by atoms with van der Waals surface area (Å²) in [4.78, 5) is 11.4. The van der Waals surface area contributed by atoms with E-state index in [-0.39, 0.29) is 24.1 Å². The Hall–Kier alpha value is -1.83. The quantitative estimate of drug-likeness (QED) is 0.777. The lowest BCUT2D eigenvalue weighted by atomic mass is 10.2. The third-order valence-corrected chi connectivity index (χ3v) is 1.64. The Bertz CT molecular complexity index is 364. The predicted octanol–water partition coefficient (Wildman–Crippen LogP) is 1.01. The summed E-state index contributed by atoms with van der Waals surface area (Å²) in [5, 5.41) is 14.6. The first-order chi connectivity index (χ1) is 6.63. The van der Waals surface area contributed by atoms with Crippen molar-refractivity contribution in [3.8, 4) is 6.07 Å². The highest BCUT2D eigenvalue weighted by molar-refractivity contribution is 5.92. The van der Waals surface area contributed by atoms with E-state index in [2.05, 4.69) is 10.5 Å². The summed E-state index contributed by atoms with van der Waals surface area (Å²) in [5.74, 6) is 0.271. The van der Waals surface area contributed by atoms with Crippen molar-refractivity contribution in [2.45, 2.75) is 26.3 Å². The number of nitrogens with one attached hydrogen (secondary N) is 1. The molecule has 1 aromatic rings. The van der Waals surface area contributed by atoms with Crippen LogP contribution in [0.3, 0.4) is 0 Å². The summed E-state index contributed by atoms with van der Waals surface area (Å²) < 4.78 is 4.75. The van der Waals surface area contributed by atoms with Gasteiger partial charge in [-0.3, -0.25) is 4.79 Å². The van der Waals surface area contributed by atoms with E-state index in [9.17, 15) is 4.79 Å². The lowest BCUT2D eigenvalue weighted by Gasteiger charge is -2.07. The molecule has 0 spiro atoms. The van der Waals surface area contributed by atoms with Crippen molar-refractivity contribution in [1.29, 1.82) is 5.26 Å². The summed E-state index contributed by atoms with van der Waals surface area (Å²) in [6, 6.07) is 3.34. The molecule has 1 N–H and O–H groups in total. The van der Waals surface area contributed by atoms with E-state index in [4.69, 9.17) is 9.78 Å². The summed E-state index contributed by atoms with van der Waals surface area (Å²) >= 11 is 0. The molecule has 0 aliphatic carbocycles. The molecule has 5 nitrogen and oxygen atoms in total. The van der Waals surface area contributed by atoms with Crippen molar-refractivity contribution in [2.75, 3.05) is 0 Å². The van der Waals surface area contributed by atoms with Crippen LogP contribution in [0.25, 0.3) is 0 Å².